The molecule has 1 aliphatic rings. The molecule has 0 heterocycles. The highest BCUT2D eigenvalue weighted by atomic mass is 16.6. The van der Waals surface area contributed by atoms with Crippen molar-refractivity contribution in [1.29, 1.82) is 0 Å². The molecule has 0 aliphatic heterocycles. The maximum Gasteiger partial charge on any atom is 0.306 e. The van der Waals surface area contributed by atoms with E-state index in [1.807, 2.05) is 0 Å². The van der Waals surface area contributed by atoms with Crippen molar-refractivity contribution in [3.05, 3.63) is 47.5 Å². The van der Waals surface area contributed by atoms with Gasteiger partial charge in [-0.15, -0.1) is 0 Å². The lowest BCUT2D eigenvalue weighted by molar-refractivity contribution is -0.163. The zero-order valence-electron chi connectivity index (χ0n) is 23.9. The van der Waals surface area contributed by atoms with E-state index in [0.717, 1.165) is 38.0 Å². The van der Waals surface area contributed by atoms with Crippen molar-refractivity contribution in [3.8, 4) is 0 Å². The van der Waals surface area contributed by atoms with Crippen LogP contribution in [0.1, 0.15) is 126 Å². The Hall–Kier alpha value is -2.02. The van der Waals surface area contributed by atoms with Crippen LogP contribution in [0.15, 0.2) is 36.4 Å². The van der Waals surface area contributed by atoms with Crippen LogP contribution in [0, 0.1) is 0 Å². The third-order valence-electron chi connectivity index (χ3n) is 7.90. The predicted molar refractivity (Wildman–Crippen MR) is 156 cm³/mol. The number of aryl methyl sites for hydroxylation is 1. The van der Waals surface area contributed by atoms with Gasteiger partial charge in [-0.05, 0) is 74.8 Å². The number of aldehydes is 1. The fourth-order valence-corrected chi connectivity index (χ4v) is 5.53. The van der Waals surface area contributed by atoms with Crippen LogP contribution >= 0.6 is 0 Å². The van der Waals surface area contributed by atoms with E-state index in [2.05, 4.69) is 36.4 Å². The average Bonchev–Trinajstić information content (AvgIpc) is 2.96. The number of unbranched alkanes of at least 4 members (excludes halogenated alkanes) is 11. The standard InChI is InChI=1S/C33H52O6/c34-25-30(36)33(38)31(26-35)39-32(37)24-15-13-11-9-7-5-3-1-2-4-6-8-10-12-14-19-27-21-18-22-28-20-16-17-23-29(27)28/h1,3,16-17,20,23,26-27,30-31,33-34,36,38H,2,4-15,18-19,21-22,24-25H2/t27?,30-,31-,33-/m1/s1. The molecule has 1 aromatic carbocycles. The van der Waals surface area contributed by atoms with Crippen LogP contribution in [0.4, 0.5) is 0 Å². The molecule has 6 heteroatoms. The summed E-state index contributed by atoms with van der Waals surface area (Å²) >= 11 is 0. The number of ether oxygens (including phenoxy) is 1. The summed E-state index contributed by atoms with van der Waals surface area (Å²) in [7, 11) is 0. The van der Waals surface area contributed by atoms with Crippen LogP contribution in [0.2, 0.25) is 0 Å². The SMILES string of the molecule is O=C[C@@H](OC(=O)CCCCCCCC=CCCCCCCCCC1CCCc2ccccc21)[C@H](O)[C@H](O)CO. The lowest BCUT2D eigenvalue weighted by atomic mass is 9.80. The van der Waals surface area contributed by atoms with E-state index in [9.17, 15) is 19.8 Å². The molecule has 220 valence electrons. The number of aliphatic hydroxyl groups is 3. The second-order valence-corrected chi connectivity index (χ2v) is 11.1. The number of esters is 1. The highest BCUT2D eigenvalue weighted by molar-refractivity contribution is 5.72. The van der Waals surface area contributed by atoms with Crippen LogP contribution in [0.25, 0.3) is 0 Å². The number of fused-ring (bicyclic) bond motifs is 1. The predicted octanol–water partition coefficient (Wildman–Crippen LogP) is 6.34. The number of benzene rings is 1. The maximum absolute atomic E-state index is 11.8. The summed E-state index contributed by atoms with van der Waals surface area (Å²) < 4.78 is 4.90. The number of rotatable bonds is 22. The largest absolute Gasteiger partial charge is 0.452 e. The Morgan fingerprint density at radius 3 is 2.18 bits per heavy atom. The number of carbonyl (C=O) groups excluding carboxylic acids is 2. The molecule has 0 aromatic heterocycles. The maximum atomic E-state index is 11.8. The van der Waals surface area contributed by atoms with Crippen molar-refractivity contribution in [2.45, 2.75) is 140 Å². The average molecular weight is 545 g/mol. The second kappa shape index (κ2) is 20.8. The van der Waals surface area contributed by atoms with Crippen molar-refractivity contribution in [2.75, 3.05) is 6.61 Å². The van der Waals surface area contributed by atoms with Crippen molar-refractivity contribution in [2.24, 2.45) is 0 Å². The molecular weight excluding hydrogens is 492 g/mol. The first kappa shape index (κ1) is 33.2. The molecule has 0 bridgehead atoms. The van der Waals surface area contributed by atoms with Gasteiger partial charge in [0.15, 0.2) is 12.4 Å². The molecule has 2 rings (SSSR count). The molecule has 0 saturated carbocycles. The summed E-state index contributed by atoms with van der Waals surface area (Å²) in [4.78, 5) is 22.8. The molecule has 0 spiro atoms. The fraction of sp³-hybridized carbons (Fsp3) is 0.697. The third kappa shape index (κ3) is 13.7. The van der Waals surface area contributed by atoms with Gasteiger partial charge in [-0.1, -0.05) is 87.8 Å². The summed E-state index contributed by atoms with van der Waals surface area (Å²) in [6.07, 6.45) is 21.0. The molecule has 4 atom stereocenters. The van der Waals surface area contributed by atoms with Crippen LogP contribution in [0.3, 0.4) is 0 Å². The number of carbonyl (C=O) groups is 2. The summed E-state index contributed by atoms with van der Waals surface area (Å²) in [6, 6.07) is 9.06. The van der Waals surface area contributed by atoms with E-state index in [-0.39, 0.29) is 12.7 Å². The summed E-state index contributed by atoms with van der Waals surface area (Å²) in [6.45, 7) is -0.713. The molecule has 0 amide bonds. The molecule has 1 aliphatic carbocycles. The molecule has 0 saturated heterocycles. The molecular formula is C33H52O6. The minimum atomic E-state index is -1.62. The summed E-state index contributed by atoms with van der Waals surface area (Å²) in [5.41, 5.74) is 3.21. The third-order valence-corrected chi connectivity index (χ3v) is 7.90. The first-order valence-corrected chi connectivity index (χ1v) is 15.4. The van der Waals surface area contributed by atoms with Crippen molar-refractivity contribution in [1.82, 2.24) is 0 Å². The van der Waals surface area contributed by atoms with Gasteiger partial charge in [0.25, 0.3) is 0 Å². The van der Waals surface area contributed by atoms with Gasteiger partial charge in [-0.3, -0.25) is 9.59 Å². The van der Waals surface area contributed by atoms with Crippen LogP contribution in [0.5, 0.6) is 0 Å². The Kier molecular flexibility index (Phi) is 17.7. The molecule has 1 aromatic rings. The Bertz CT molecular complexity index is 822. The number of hydrogen-bond acceptors (Lipinski definition) is 6. The monoisotopic (exact) mass is 544 g/mol. The molecule has 0 radical (unpaired) electrons. The first-order chi connectivity index (χ1) is 19.1. The quantitative estimate of drug-likeness (QED) is 0.0681. The minimum absolute atomic E-state index is 0.168. The van der Waals surface area contributed by atoms with E-state index >= 15 is 0 Å². The van der Waals surface area contributed by atoms with Gasteiger partial charge < -0.3 is 20.1 Å². The van der Waals surface area contributed by atoms with Gasteiger partial charge in [-0.2, -0.15) is 0 Å². The number of allylic oxidation sites excluding steroid dienone is 2. The minimum Gasteiger partial charge on any atom is -0.452 e. The Morgan fingerprint density at radius 2 is 1.51 bits per heavy atom. The van der Waals surface area contributed by atoms with Gasteiger partial charge in [0, 0.05) is 6.42 Å². The van der Waals surface area contributed by atoms with E-state index in [1.54, 1.807) is 11.1 Å². The van der Waals surface area contributed by atoms with Gasteiger partial charge in [0.05, 0.1) is 6.61 Å². The topological polar surface area (TPSA) is 104 Å². The fourth-order valence-electron chi connectivity index (χ4n) is 5.53. The number of hydrogen-bond donors (Lipinski definition) is 3. The lowest BCUT2D eigenvalue weighted by Gasteiger charge is -2.25. The Labute approximate surface area is 235 Å². The van der Waals surface area contributed by atoms with Gasteiger partial charge in [-0.25, -0.2) is 0 Å². The van der Waals surface area contributed by atoms with Crippen LogP contribution in [-0.2, 0) is 20.7 Å². The van der Waals surface area contributed by atoms with Gasteiger partial charge in [0.2, 0.25) is 0 Å². The second-order valence-electron chi connectivity index (χ2n) is 11.1. The van der Waals surface area contributed by atoms with Crippen molar-refractivity contribution < 1.29 is 29.6 Å². The van der Waals surface area contributed by atoms with E-state index in [0.29, 0.717) is 6.42 Å². The Balaban J connectivity index is 1.35. The zero-order valence-corrected chi connectivity index (χ0v) is 23.9. The Morgan fingerprint density at radius 1 is 0.897 bits per heavy atom. The van der Waals surface area contributed by atoms with Crippen LogP contribution in [-0.4, -0.2) is 52.5 Å². The van der Waals surface area contributed by atoms with Crippen molar-refractivity contribution in [3.63, 3.8) is 0 Å². The van der Waals surface area contributed by atoms with E-state index < -0.39 is 30.9 Å². The lowest BCUT2D eigenvalue weighted by Crippen LogP contribution is -2.42. The van der Waals surface area contributed by atoms with Gasteiger partial charge in [0.1, 0.15) is 12.2 Å². The summed E-state index contributed by atoms with van der Waals surface area (Å²) in [5, 5.41) is 27.9. The molecule has 3 N–H and O–H groups in total. The smallest absolute Gasteiger partial charge is 0.306 e. The first-order valence-electron chi connectivity index (χ1n) is 15.4. The van der Waals surface area contributed by atoms with Crippen LogP contribution < -0.4 is 0 Å². The van der Waals surface area contributed by atoms with E-state index in [4.69, 9.17) is 9.84 Å². The molecule has 0 fully saturated rings. The molecule has 6 nitrogen and oxygen atoms in total. The normalized spacial score (nSPS) is 17.5. The van der Waals surface area contributed by atoms with E-state index in [1.165, 1.54) is 70.6 Å². The highest BCUT2D eigenvalue weighted by Crippen LogP contribution is 2.35. The van der Waals surface area contributed by atoms with Crippen molar-refractivity contribution >= 4 is 12.3 Å². The molecule has 39 heavy (non-hydrogen) atoms. The summed E-state index contributed by atoms with van der Waals surface area (Å²) in [5.74, 6) is 0.215. The molecule has 1 unspecified atom stereocenters. The van der Waals surface area contributed by atoms with Gasteiger partial charge >= 0.3 is 5.97 Å². The number of aliphatic hydroxyl groups excluding tert-OH is 3. The highest BCUT2D eigenvalue weighted by Gasteiger charge is 2.28. The zero-order chi connectivity index (χ0) is 28.1.